The summed E-state index contributed by atoms with van der Waals surface area (Å²) in [5.74, 6) is 0.482. The summed E-state index contributed by atoms with van der Waals surface area (Å²) in [5, 5.41) is 13.2. The Hall–Kier alpha value is -4.76. The number of benzene rings is 3. The van der Waals surface area contributed by atoms with E-state index in [-0.39, 0.29) is 30.4 Å². The van der Waals surface area contributed by atoms with Crippen molar-refractivity contribution in [3.8, 4) is 0 Å². The van der Waals surface area contributed by atoms with Crippen molar-refractivity contribution < 1.29 is 9.90 Å². The number of amides is 1. The predicted molar refractivity (Wildman–Crippen MR) is 174 cm³/mol. The van der Waals surface area contributed by atoms with E-state index in [1.54, 1.807) is 7.05 Å². The first-order chi connectivity index (χ1) is 21.9. The Morgan fingerprint density at radius 1 is 0.933 bits per heavy atom. The lowest BCUT2D eigenvalue weighted by Crippen LogP contribution is -2.37. The monoisotopic (exact) mass is 605 g/mol. The van der Waals surface area contributed by atoms with Crippen LogP contribution in [0.25, 0.3) is 11.2 Å². The number of aryl methyl sites for hydroxylation is 1. The standard InChI is InChI=1S/C36H39N5O4/c1-23(41-30(21-24-11-5-3-6-12-24)38-33-32(41)35(44)39-36(45)40(33)2)25-17-19-28(20-18-25)31(27-15-9-10-16-27)34(43)37-29(22-42)26-13-7-4-8-14-26/h3-8,11-14,17-20,23,27,29,31,42H,9-10,15-16,21-22H2,1-2H3,(H,37,43)(H,39,44,45). The summed E-state index contributed by atoms with van der Waals surface area (Å²) in [5.41, 5.74) is 3.50. The van der Waals surface area contributed by atoms with Crippen molar-refractivity contribution in [3.05, 3.63) is 134 Å². The Bertz CT molecular complexity index is 1890. The second kappa shape index (κ2) is 13.1. The average molecular weight is 606 g/mol. The van der Waals surface area contributed by atoms with Gasteiger partial charge in [0.2, 0.25) is 5.91 Å². The van der Waals surface area contributed by atoms with Crippen molar-refractivity contribution in [2.45, 2.75) is 57.0 Å². The zero-order valence-electron chi connectivity index (χ0n) is 25.6. The van der Waals surface area contributed by atoms with Crippen LogP contribution in [-0.4, -0.2) is 36.7 Å². The molecule has 1 saturated carbocycles. The third-order valence-electron chi connectivity index (χ3n) is 9.25. The molecule has 3 unspecified atom stereocenters. The highest BCUT2D eigenvalue weighted by Crippen LogP contribution is 2.38. The van der Waals surface area contributed by atoms with E-state index in [2.05, 4.69) is 10.3 Å². The minimum absolute atomic E-state index is 0.0798. The summed E-state index contributed by atoms with van der Waals surface area (Å²) in [6, 6.07) is 26.8. The zero-order chi connectivity index (χ0) is 31.5. The van der Waals surface area contributed by atoms with E-state index in [0.29, 0.717) is 23.4 Å². The third-order valence-corrected chi connectivity index (χ3v) is 9.25. The van der Waals surface area contributed by atoms with Gasteiger partial charge in [-0.15, -0.1) is 0 Å². The molecule has 45 heavy (non-hydrogen) atoms. The molecule has 0 radical (unpaired) electrons. The van der Waals surface area contributed by atoms with Crippen molar-refractivity contribution in [2.75, 3.05) is 6.61 Å². The number of aromatic nitrogens is 4. The fourth-order valence-corrected chi connectivity index (χ4v) is 6.81. The van der Waals surface area contributed by atoms with Crippen molar-refractivity contribution in [2.24, 2.45) is 13.0 Å². The summed E-state index contributed by atoms with van der Waals surface area (Å²) in [7, 11) is 1.61. The van der Waals surface area contributed by atoms with Crippen LogP contribution in [0.3, 0.4) is 0 Å². The molecule has 5 aromatic rings. The molecule has 1 fully saturated rings. The van der Waals surface area contributed by atoms with E-state index < -0.39 is 17.3 Å². The predicted octanol–water partition coefficient (Wildman–Crippen LogP) is 4.75. The lowest BCUT2D eigenvalue weighted by Gasteiger charge is -2.27. The van der Waals surface area contributed by atoms with Crippen LogP contribution in [0.15, 0.2) is 94.5 Å². The molecule has 3 aromatic carbocycles. The maximum atomic E-state index is 13.8. The fraction of sp³-hybridized carbons (Fsp3) is 0.333. The number of hydrogen-bond donors (Lipinski definition) is 3. The Kier molecular flexibility index (Phi) is 8.80. The molecular formula is C36H39N5O4. The smallest absolute Gasteiger partial charge is 0.329 e. The maximum absolute atomic E-state index is 13.8. The largest absolute Gasteiger partial charge is 0.394 e. The van der Waals surface area contributed by atoms with Crippen LogP contribution in [0.2, 0.25) is 0 Å². The number of nitrogens with one attached hydrogen (secondary N) is 2. The highest BCUT2D eigenvalue weighted by Gasteiger charge is 2.33. The van der Waals surface area contributed by atoms with Crippen molar-refractivity contribution in [3.63, 3.8) is 0 Å². The molecule has 6 rings (SSSR count). The normalized spacial score (nSPS) is 15.6. The molecule has 9 nitrogen and oxygen atoms in total. The molecule has 9 heteroatoms. The Morgan fingerprint density at radius 2 is 1.56 bits per heavy atom. The van der Waals surface area contributed by atoms with Crippen molar-refractivity contribution in [1.82, 2.24) is 24.4 Å². The van der Waals surface area contributed by atoms with Crippen LogP contribution in [-0.2, 0) is 18.3 Å². The molecule has 1 amide bonds. The van der Waals surface area contributed by atoms with Crippen LogP contribution >= 0.6 is 0 Å². The third kappa shape index (κ3) is 6.13. The van der Waals surface area contributed by atoms with Crippen molar-refractivity contribution in [1.29, 1.82) is 0 Å². The van der Waals surface area contributed by atoms with E-state index in [1.165, 1.54) is 4.57 Å². The van der Waals surface area contributed by atoms with E-state index in [1.807, 2.05) is 96.4 Å². The van der Waals surface area contributed by atoms with Crippen LogP contribution in [0.1, 0.15) is 78.7 Å². The topological polar surface area (TPSA) is 122 Å². The van der Waals surface area contributed by atoms with E-state index in [0.717, 1.165) is 47.9 Å². The number of carbonyl (C=O) groups excluding carboxylic acids is 1. The first-order valence-corrected chi connectivity index (χ1v) is 15.7. The van der Waals surface area contributed by atoms with Gasteiger partial charge in [0.05, 0.1) is 24.6 Å². The van der Waals surface area contributed by atoms with Gasteiger partial charge in [-0.25, -0.2) is 9.78 Å². The molecule has 1 aliphatic carbocycles. The summed E-state index contributed by atoms with van der Waals surface area (Å²) < 4.78 is 3.29. The minimum atomic E-state index is -0.507. The second-order valence-electron chi connectivity index (χ2n) is 12.1. The summed E-state index contributed by atoms with van der Waals surface area (Å²) in [6.45, 7) is 1.83. The molecule has 2 heterocycles. The van der Waals surface area contributed by atoms with Crippen LogP contribution < -0.4 is 16.6 Å². The number of nitrogens with zero attached hydrogens (tertiary/aromatic N) is 3. The molecular weight excluding hydrogens is 566 g/mol. The maximum Gasteiger partial charge on any atom is 0.329 e. The fourth-order valence-electron chi connectivity index (χ4n) is 6.81. The molecule has 0 aliphatic heterocycles. The van der Waals surface area contributed by atoms with Gasteiger partial charge in [0.25, 0.3) is 5.56 Å². The Morgan fingerprint density at radius 3 is 2.20 bits per heavy atom. The molecule has 0 spiro atoms. The van der Waals surface area contributed by atoms with Crippen LogP contribution in [0.4, 0.5) is 0 Å². The van der Waals surface area contributed by atoms with Gasteiger partial charge in [0.15, 0.2) is 11.2 Å². The number of hydrogen-bond acceptors (Lipinski definition) is 5. The lowest BCUT2D eigenvalue weighted by molar-refractivity contribution is -0.124. The quantitative estimate of drug-likeness (QED) is 0.212. The summed E-state index contributed by atoms with van der Waals surface area (Å²) in [4.78, 5) is 46.6. The molecule has 0 saturated heterocycles. The van der Waals surface area contributed by atoms with E-state index >= 15 is 0 Å². The first kappa shape index (κ1) is 30.3. The van der Waals surface area contributed by atoms with Crippen LogP contribution in [0.5, 0.6) is 0 Å². The number of carbonyl (C=O) groups is 1. The summed E-state index contributed by atoms with van der Waals surface area (Å²) >= 11 is 0. The highest BCUT2D eigenvalue weighted by atomic mass is 16.3. The Balaban J connectivity index is 1.34. The van der Waals surface area contributed by atoms with Gasteiger partial charge >= 0.3 is 5.69 Å². The SMILES string of the molecule is CC(c1ccc(C(C(=O)NC(CO)c2ccccc2)C2CCCC2)cc1)n1c(Cc2ccccc2)nc2c1c(=O)[nH]c(=O)n2C. The number of aliphatic hydroxyl groups is 1. The van der Waals surface area contributed by atoms with Gasteiger partial charge in [0.1, 0.15) is 5.82 Å². The molecule has 1 aliphatic rings. The van der Waals surface area contributed by atoms with Gasteiger partial charge < -0.3 is 15.0 Å². The van der Waals surface area contributed by atoms with Gasteiger partial charge in [-0.3, -0.25) is 19.1 Å². The van der Waals surface area contributed by atoms with E-state index in [9.17, 15) is 19.5 Å². The van der Waals surface area contributed by atoms with Crippen LogP contribution in [0, 0.1) is 5.92 Å². The summed E-state index contributed by atoms with van der Waals surface area (Å²) in [6.07, 6.45) is 4.65. The first-order valence-electron chi connectivity index (χ1n) is 15.7. The van der Waals surface area contributed by atoms with Gasteiger partial charge in [-0.2, -0.15) is 0 Å². The molecule has 3 N–H and O–H groups in total. The van der Waals surface area contributed by atoms with Gasteiger partial charge in [0, 0.05) is 13.5 Å². The molecule has 0 bridgehead atoms. The minimum Gasteiger partial charge on any atom is -0.394 e. The number of fused-ring (bicyclic) bond motifs is 1. The Labute approximate surface area is 261 Å². The number of aromatic amines is 1. The lowest BCUT2D eigenvalue weighted by atomic mass is 9.83. The molecule has 2 aromatic heterocycles. The number of H-pyrrole nitrogens is 1. The number of aliphatic hydroxyl groups excluding tert-OH is 1. The van der Waals surface area contributed by atoms with Crippen molar-refractivity contribution >= 4 is 17.1 Å². The number of rotatable bonds is 10. The van der Waals surface area contributed by atoms with E-state index in [4.69, 9.17) is 4.98 Å². The zero-order valence-corrected chi connectivity index (χ0v) is 25.6. The second-order valence-corrected chi connectivity index (χ2v) is 12.1. The molecule has 3 atom stereocenters. The highest BCUT2D eigenvalue weighted by molar-refractivity contribution is 5.84. The average Bonchev–Trinajstić information content (AvgIpc) is 3.72. The van der Waals surface area contributed by atoms with Gasteiger partial charge in [-0.1, -0.05) is 97.8 Å². The molecule has 232 valence electrons. The number of imidazole rings is 1. The van der Waals surface area contributed by atoms with Gasteiger partial charge in [-0.05, 0) is 47.9 Å².